The molecule has 26 heavy (non-hydrogen) atoms. The lowest BCUT2D eigenvalue weighted by Gasteiger charge is -2.22. The first-order chi connectivity index (χ1) is 12.6. The minimum Gasteiger partial charge on any atom is -0.467 e. The molecule has 0 aliphatic heterocycles. The molecular formula is C20H17F2NO3. The molecule has 134 valence electrons. The number of hydrogen-bond acceptors (Lipinski definition) is 3. The summed E-state index contributed by atoms with van der Waals surface area (Å²) in [5, 5.41) is 0. The number of rotatable bonds is 7. The summed E-state index contributed by atoms with van der Waals surface area (Å²) in [5.74, 6) is 0.280. The Hall–Kier alpha value is -3.15. The van der Waals surface area contributed by atoms with Gasteiger partial charge in [0.25, 0.3) is 5.91 Å². The summed E-state index contributed by atoms with van der Waals surface area (Å²) in [6.45, 7) is -2.31. The number of ether oxygens (including phenoxy) is 1. The van der Waals surface area contributed by atoms with Gasteiger partial charge in [0.2, 0.25) is 0 Å². The number of halogens is 2. The van der Waals surface area contributed by atoms with Gasteiger partial charge in [-0.2, -0.15) is 8.78 Å². The molecule has 1 aromatic heterocycles. The van der Waals surface area contributed by atoms with Gasteiger partial charge < -0.3 is 14.1 Å². The smallest absolute Gasteiger partial charge is 0.387 e. The third kappa shape index (κ3) is 4.69. The zero-order valence-corrected chi connectivity index (χ0v) is 13.8. The van der Waals surface area contributed by atoms with Crippen molar-refractivity contribution < 1.29 is 22.7 Å². The Labute approximate surface area is 149 Å². The number of benzene rings is 2. The van der Waals surface area contributed by atoms with Crippen LogP contribution in [0.25, 0.3) is 0 Å². The van der Waals surface area contributed by atoms with Crippen LogP contribution in [0.15, 0.2) is 77.4 Å². The van der Waals surface area contributed by atoms with E-state index in [1.54, 1.807) is 23.1 Å². The Balaban J connectivity index is 1.84. The molecule has 0 unspecified atom stereocenters. The highest BCUT2D eigenvalue weighted by atomic mass is 19.3. The van der Waals surface area contributed by atoms with Gasteiger partial charge in [-0.1, -0.05) is 36.4 Å². The fraction of sp³-hybridized carbons (Fsp3) is 0.150. The second kappa shape index (κ2) is 8.29. The predicted molar refractivity (Wildman–Crippen MR) is 91.8 cm³/mol. The zero-order chi connectivity index (χ0) is 18.4. The van der Waals surface area contributed by atoms with E-state index in [1.165, 1.54) is 24.5 Å². The Kier molecular flexibility index (Phi) is 5.63. The van der Waals surface area contributed by atoms with E-state index in [0.29, 0.717) is 12.3 Å². The molecule has 0 saturated carbocycles. The van der Waals surface area contributed by atoms with E-state index in [9.17, 15) is 13.6 Å². The minimum absolute atomic E-state index is 0.0523. The van der Waals surface area contributed by atoms with Crippen molar-refractivity contribution in [1.29, 1.82) is 0 Å². The highest BCUT2D eigenvalue weighted by molar-refractivity contribution is 5.94. The fourth-order valence-corrected chi connectivity index (χ4v) is 2.58. The van der Waals surface area contributed by atoms with Gasteiger partial charge in [0.15, 0.2) is 0 Å². The van der Waals surface area contributed by atoms with Crippen LogP contribution in [-0.4, -0.2) is 17.4 Å². The second-order valence-electron chi connectivity index (χ2n) is 5.63. The fourth-order valence-electron chi connectivity index (χ4n) is 2.58. The summed E-state index contributed by atoms with van der Waals surface area (Å²) >= 11 is 0. The minimum atomic E-state index is -2.94. The standard InChI is InChI=1S/C20H17F2NO3/c21-20(22)26-17-9-4-8-16(12-17)19(24)23(14-18-10-5-11-25-18)13-15-6-2-1-3-7-15/h1-12,20H,13-14H2. The van der Waals surface area contributed by atoms with Crippen molar-refractivity contribution in [3.05, 3.63) is 89.9 Å². The largest absolute Gasteiger partial charge is 0.467 e. The van der Waals surface area contributed by atoms with Crippen molar-refractivity contribution in [1.82, 2.24) is 4.90 Å². The number of carbonyl (C=O) groups is 1. The van der Waals surface area contributed by atoms with Crippen molar-refractivity contribution in [2.75, 3.05) is 0 Å². The normalized spacial score (nSPS) is 10.7. The molecule has 2 aromatic carbocycles. The monoisotopic (exact) mass is 357 g/mol. The number of nitrogens with zero attached hydrogens (tertiary/aromatic N) is 1. The Morgan fingerprint density at radius 3 is 2.50 bits per heavy atom. The van der Waals surface area contributed by atoms with Crippen LogP contribution >= 0.6 is 0 Å². The molecule has 0 saturated heterocycles. The van der Waals surface area contributed by atoms with Gasteiger partial charge in [0, 0.05) is 12.1 Å². The van der Waals surface area contributed by atoms with E-state index in [0.717, 1.165) is 5.56 Å². The van der Waals surface area contributed by atoms with E-state index in [-0.39, 0.29) is 23.8 Å². The highest BCUT2D eigenvalue weighted by Crippen LogP contribution is 2.19. The molecule has 6 heteroatoms. The average molecular weight is 357 g/mol. The molecule has 3 aromatic rings. The first-order valence-corrected chi connectivity index (χ1v) is 8.02. The van der Waals surface area contributed by atoms with Crippen LogP contribution in [0.5, 0.6) is 5.75 Å². The zero-order valence-electron chi connectivity index (χ0n) is 13.8. The first kappa shape index (κ1) is 17.7. The topological polar surface area (TPSA) is 42.7 Å². The summed E-state index contributed by atoms with van der Waals surface area (Å²) in [4.78, 5) is 14.5. The van der Waals surface area contributed by atoms with E-state index in [2.05, 4.69) is 4.74 Å². The van der Waals surface area contributed by atoms with Crippen LogP contribution < -0.4 is 4.74 Å². The van der Waals surface area contributed by atoms with E-state index in [1.807, 2.05) is 30.3 Å². The van der Waals surface area contributed by atoms with Crippen LogP contribution in [0.3, 0.4) is 0 Å². The first-order valence-electron chi connectivity index (χ1n) is 8.02. The van der Waals surface area contributed by atoms with Crippen molar-refractivity contribution in [2.24, 2.45) is 0 Å². The molecule has 0 bridgehead atoms. The summed E-state index contributed by atoms with van der Waals surface area (Å²) in [5.41, 5.74) is 1.22. The Morgan fingerprint density at radius 2 is 1.81 bits per heavy atom. The molecule has 0 spiro atoms. The van der Waals surface area contributed by atoms with Gasteiger partial charge in [-0.15, -0.1) is 0 Å². The lowest BCUT2D eigenvalue weighted by Crippen LogP contribution is -2.30. The molecule has 0 aliphatic rings. The summed E-state index contributed by atoms with van der Waals surface area (Å²) < 4.78 is 34.6. The summed E-state index contributed by atoms with van der Waals surface area (Å²) in [6, 6.07) is 18.8. The number of hydrogen-bond donors (Lipinski definition) is 0. The second-order valence-corrected chi connectivity index (χ2v) is 5.63. The van der Waals surface area contributed by atoms with Crippen LogP contribution in [0, 0.1) is 0 Å². The maximum Gasteiger partial charge on any atom is 0.387 e. The van der Waals surface area contributed by atoms with Gasteiger partial charge in [-0.25, -0.2) is 0 Å². The molecule has 3 rings (SSSR count). The lowest BCUT2D eigenvalue weighted by molar-refractivity contribution is -0.0499. The van der Waals surface area contributed by atoms with Crippen molar-refractivity contribution in [3.8, 4) is 5.75 Å². The van der Waals surface area contributed by atoms with Crippen molar-refractivity contribution in [2.45, 2.75) is 19.7 Å². The van der Waals surface area contributed by atoms with Crippen molar-refractivity contribution in [3.63, 3.8) is 0 Å². The molecule has 0 N–H and O–H groups in total. The van der Waals surface area contributed by atoms with Gasteiger partial charge in [-0.3, -0.25) is 4.79 Å². The maximum atomic E-state index is 13.0. The number of amides is 1. The molecular weight excluding hydrogens is 340 g/mol. The van der Waals surface area contributed by atoms with Gasteiger partial charge in [-0.05, 0) is 35.9 Å². The SMILES string of the molecule is O=C(c1cccc(OC(F)F)c1)N(Cc1ccccc1)Cc1ccco1. The third-order valence-corrected chi connectivity index (χ3v) is 3.74. The molecule has 1 heterocycles. The summed E-state index contributed by atoms with van der Waals surface area (Å²) in [7, 11) is 0. The Morgan fingerprint density at radius 1 is 1.00 bits per heavy atom. The molecule has 1 amide bonds. The van der Waals surface area contributed by atoms with Crippen LogP contribution in [-0.2, 0) is 13.1 Å². The van der Waals surface area contributed by atoms with Gasteiger partial charge >= 0.3 is 6.61 Å². The quantitative estimate of drug-likeness (QED) is 0.614. The van der Waals surface area contributed by atoms with E-state index < -0.39 is 6.61 Å². The van der Waals surface area contributed by atoms with E-state index >= 15 is 0 Å². The Bertz CT molecular complexity index is 835. The molecule has 0 aliphatic carbocycles. The predicted octanol–water partition coefficient (Wildman–Crippen LogP) is 4.72. The number of alkyl halides is 2. The molecule has 0 atom stereocenters. The highest BCUT2D eigenvalue weighted by Gasteiger charge is 2.19. The van der Waals surface area contributed by atoms with Crippen LogP contribution in [0.4, 0.5) is 8.78 Å². The molecule has 0 radical (unpaired) electrons. The number of furan rings is 1. The van der Waals surface area contributed by atoms with Crippen LogP contribution in [0.2, 0.25) is 0 Å². The van der Waals surface area contributed by atoms with Crippen molar-refractivity contribution >= 4 is 5.91 Å². The maximum absolute atomic E-state index is 13.0. The van der Waals surface area contributed by atoms with Gasteiger partial charge in [0.05, 0.1) is 12.8 Å². The average Bonchev–Trinajstić information content (AvgIpc) is 3.14. The summed E-state index contributed by atoms with van der Waals surface area (Å²) in [6.07, 6.45) is 1.54. The molecule has 4 nitrogen and oxygen atoms in total. The molecule has 0 fully saturated rings. The third-order valence-electron chi connectivity index (χ3n) is 3.74. The van der Waals surface area contributed by atoms with Crippen LogP contribution in [0.1, 0.15) is 21.7 Å². The lowest BCUT2D eigenvalue weighted by atomic mass is 10.1. The van der Waals surface area contributed by atoms with E-state index in [4.69, 9.17) is 4.42 Å². The van der Waals surface area contributed by atoms with Gasteiger partial charge in [0.1, 0.15) is 11.5 Å². The number of carbonyl (C=O) groups excluding carboxylic acids is 1.